The number of hydrogen-bond acceptors (Lipinski definition) is 2. The van der Waals surface area contributed by atoms with Crippen LogP contribution in [0.2, 0.25) is 0 Å². The molecular weight excluding hydrogens is 226 g/mol. The zero-order valence-electron chi connectivity index (χ0n) is 10.7. The molecule has 1 aliphatic carbocycles. The van der Waals surface area contributed by atoms with E-state index in [1.165, 1.54) is 19.3 Å². The van der Waals surface area contributed by atoms with E-state index in [1.807, 2.05) is 12.1 Å². The highest BCUT2D eigenvalue weighted by molar-refractivity contribution is 5.76. The number of nitrogens with one attached hydrogen (secondary N) is 1. The molecule has 3 N–H and O–H groups in total. The summed E-state index contributed by atoms with van der Waals surface area (Å²) in [4.78, 5) is 14.5. The number of rotatable bonds is 1. The Morgan fingerprint density at radius 1 is 1.28 bits per heavy atom. The van der Waals surface area contributed by atoms with Gasteiger partial charge in [-0.05, 0) is 30.5 Å². The van der Waals surface area contributed by atoms with E-state index < -0.39 is 0 Å². The molecule has 1 aromatic carbocycles. The number of nitrogens with two attached hydrogens (primary N) is 1. The van der Waals surface area contributed by atoms with Gasteiger partial charge in [-0.3, -0.25) is 4.57 Å². The molecule has 0 aliphatic heterocycles. The molecule has 0 amide bonds. The average molecular weight is 245 g/mol. The molecule has 4 nitrogen and oxygen atoms in total. The molecule has 0 spiro atoms. The normalized spacial score (nSPS) is 19.2. The molecule has 1 aromatic heterocycles. The molecule has 96 valence electrons. The van der Waals surface area contributed by atoms with Crippen molar-refractivity contribution in [1.29, 1.82) is 0 Å². The third kappa shape index (κ3) is 1.68. The maximum Gasteiger partial charge on any atom is 0.326 e. The van der Waals surface area contributed by atoms with Crippen molar-refractivity contribution < 1.29 is 0 Å². The van der Waals surface area contributed by atoms with Gasteiger partial charge in [0.05, 0.1) is 11.0 Å². The summed E-state index contributed by atoms with van der Waals surface area (Å²) >= 11 is 0. The van der Waals surface area contributed by atoms with Crippen LogP contribution >= 0.6 is 0 Å². The first-order chi connectivity index (χ1) is 8.60. The van der Waals surface area contributed by atoms with Crippen molar-refractivity contribution in [2.24, 2.45) is 12.8 Å². The van der Waals surface area contributed by atoms with Gasteiger partial charge in [-0.1, -0.05) is 25.3 Å². The summed E-state index contributed by atoms with van der Waals surface area (Å²) in [5, 5.41) is 0. The highest BCUT2D eigenvalue weighted by Crippen LogP contribution is 2.35. The van der Waals surface area contributed by atoms with Crippen LogP contribution in [0.3, 0.4) is 0 Å². The van der Waals surface area contributed by atoms with Crippen molar-refractivity contribution >= 4 is 11.0 Å². The third-order valence-corrected chi connectivity index (χ3v) is 4.22. The van der Waals surface area contributed by atoms with E-state index >= 15 is 0 Å². The first kappa shape index (κ1) is 11.5. The Morgan fingerprint density at radius 2 is 2.00 bits per heavy atom. The van der Waals surface area contributed by atoms with E-state index in [1.54, 1.807) is 11.6 Å². The van der Waals surface area contributed by atoms with E-state index in [-0.39, 0.29) is 11.2 Å². The maximum absolute atomic E-state index is 11.6. The lowest BCUT2D eigenvalue weighted by atomic mass is 9.77. The largest absolute Gasteiger partial charge is 0.326 e. The van der Waals surface area contributed by atoms with Crippen molar-refractivity contribution in [2.45, 2.75) is 37.6 Å². The number of fused-ring (bicyclic) bond motifs is 1. The van der Waals surface area contributed by atoms with E-state index in [0.29, 0.717) is 0 Å². The number of imidazole rings is 1. The SMILES string of the molecule is Cn1c(=O)[nH]c2cc(C3(N)CCCCC3)ccc21. The highest BCUT2D eigenvalue weighted by Gasteiger charge is 2.29. The predicted molar refractivity (Wildman–Crippen MR) is 72.5 cm³/mol. The highest BCUT2D eigenvalue weighted by atomic mass is 16.1. The van der Waals surface area contributed by atoms with E-state index in [4.69, 9.17) is 5.73 Å². The molecule has 0 unspecified atom stereocenters. The molecule has 2 aromatic rings. The minimum absolute atomic E-state index is 0.0723. The van der Waals surface area contributed by atoms with Crippen molar-refractivity contribution in [3.8, 4) is 0 Å². The molecule has 1 aliphatic rings. The van der Waals surface area contributed by atoms with Crippen molar-refractivity contribution in [3.05, 3.63) is 34.2 Å². The molecule has 0 saturated heterocycles. The Bertz CT molecular complexity index is 632. The van der Waals surface area contributed by atoms with Gasteiger partial charge in [-0.25, -0.2) is 4.79 Å². The van der Waals surface area contributed by atoms with Crippen LogP contribution in [-0.2, 0) is 12.6 Å². The molecule has 4 heteroatoms. The second kappa shape index (κ2) is 3.99. The van der Waals surface area contributed by atoms with E-state index in [9.17, 15) is 4.79 Å². The van der Waals surface area contributed by atoms with Gasteiger partial charge in [0.15, 0.2) is 0 Å². The lowest BCUT2D eigenvalue weighted by molar-refractivity contribution is 0.302. The van der Waals surface area contributed by atoms with Crippen LogP contribution in [0.4, 0.5) is 0 Å². The number of aromatic nitrogens is 2. The summed E-state index contributed by atoms with van der Waals surface area (Å²) in [5.74, 6) is 0. The summed E-state index contributed by atoms with van der Waals surface area (Å²) < 4.78 is 1.63. The Kier molecular flexibility index (Phi) is 2.55. The Labute approximate surface area is 106 Å². The molecule has 3 rings (SSSR count). The fraction of sp³-hybridized carbons (Fsp3) is 0.500. The topological polar surface area (TPSA) is 63.8 Å². The van der Waals surface area contributed by atoms with Crippen LogP contribution < -0.4 is 11.4 Å². The number of benzene rings is 1. The summed E-state index contributed by atoms with van der Waals surface area (Å²) in [6, 6.07) is 6.11. The molecule has 18 heavy (non-hydrogen) atoms. The molecule has 0 atom stereocenters. The monoisotopic (exact) mass is 245 g/mol. The van der Waals surface area contributed by atoms with Gasteiger partial charge in [0.25, 0.3) is 0 Å². The smallest absolute Gasteiger partial charge is 0.321 e. The standard InChI is InChI=1S/C14H19N3O/c1-17-12-6-5-10(9-11(12)16-13(17)18)14(15)7-3-2-4-8-14/h5-6,9H,2-4,7-8,15H2,1H3,(H,16,18). The first-order valence-electron chi connectivity index (χ1n) is 6.58. The molecular formula is C14H19N3O. The number of hydrogen-bond donors (Lipinski definition) is 2. The molecule has 1 heterocycles. The number of nitrogens with zero attached hydrogens (tertiary/aromatic N) is 1. The zero-order chi connectivity index (χ0) is 12.8. The van der Waals surface area contributed by atoms with Crippen molar-refractivity contribution in [3.63, 3.8) is 0 Å². The van der Waals surface area contributed by atoms with Crippen LogP contribution in [0.5, 0.6) is 0 Å². The van der Waals surface area contributed by atoms with Crippen LogP contribution in [0, 0.1) is 0 Å². The van der Waals surface area contributed by atoms with E-state index in [2.05, 4.69) is 11.1 Å². The van der Waals surface area contributed by atoms with Crippen molar-refractivity contribution in [1.82, 2.24) is 9.55 Å². The number of aromatic amines is 1. The lowest BCUT2D eigenvalue weighted by Crippen LogP contribution is -2.38. The quantitative estimate of drug-likeness (QED) is 0.807. The van der Waals surface area contributed by atoms with Gasteiger partial charge in [0.2, 0.25) is 0 Å². The van der Waals surface area contributed by atoms with Crippen LogP contribution in [0.15, 0.2) is 23.0 Å². The van der Waals surface area contributed by atoms with Crippen molar-refractivity contribution in [2.75, 3.05) is 0 Å². The second-order valence-corrected chi connectivity index (χ2v) is 5.44. The number of aryl methyl sites for hydroxylation is 1. The molecule has 1 saturated carbocycles. The maximum atomic E-state index is 11.6. The summed E-state index contributed by atoms with van der Waals surface area (Å²) in [6.45, 7) is 0. The number of H-pyrrole nitrogens is 1. The Morgan fingerprint density at radius 3 is 2.72 bits per heavy atom. The third-order valence-electron chi connectivity index (χ3n) is 4.22. The van der Waals surface area contributed by atoms with Gasteiger partial charge >= 0.3 is 5.69 Å². The fourth-order valence-corrected chi connectivity index (χ4v) is 3.02. The van der Waals surface area contributed by atoms with Gasteiger partial charge in [0.1, 0.15) is 0 Å². The van der Waals surface area contributed by atoms with Gasteiger partial charge in [0, 0.05) is 12.6 Å². The zero-order valence-corrected chi connectivity index (χ0v) is 10.7. The van der Waals surface area contributed by atoms with Gasteiger partial charge in [-0.2, -0.15) is 0 Å². The van der Waals surface area contributed by atoms with E-state index in [0.717, 1.165) is 29.4 Å². The predicted octanol–water partition coefficient (Wildman–Crippen LogP) is 1.98. The summed E-state index contributed by atoms with van der Waals surface area (Å²) in [6.07, 6.45) is 5.74. The Balaban J connectivity index is 2.10. The fourth-order valence-electron chi connectivity index (χ4n) is 3.02. The minimum atomic E-state index is -0.209. The minimum Gasteiger partial charge on any atom is -0.321 e. The Hall–Kier alpha value is -1.55. The van der Waals surface area contributed by atoms with Crippen LogP contribution in [0.25, 0.3) is 11.0 Å². The van der Waals surface area contributed by atoms with Gasteiger partial charge < -0.3 is 10.7 Å². The molecule has 1 fully saturated rings. The summed E-state index contributed by atoms with van der Waals surface area (Å²) in [7, 11) is 1.78. The summed E-state index contributed by atoms with van der Waals surface area (Å²) in [5.41, 5.74) is 9.20. The lowest BCUT2D eigenvalue weighted by Gasteiger charge is -2.34. The molecule has 0 bridgehead atoms. The van der Waals surface area contributed by atoms with Gasteiger partial charge in [-0.15, -0.1) is 0 Å². The first-order valence-corrected chi connectivity index (χ1v) is 6.58. The average Bonchev–Trinajstić information content (AvgIpc) is 2.66. The van der Waals surface area contributed by atoms with Crippen LogP contribution in [-0.4, -0.2) is 9.55 Å². The second-order valence-electron chi connectivity index (χ2n) is 5.44. The van der Waals surface area contributed by atoms with Crippen LogP contribution in [0.1, 0.15) is 37.7 Å². The molecule has 0 radical (unpaired) electrons.